The second kappa shape index (κ2) is 4.99. The van der Waals surface area contributed by atoms with E-state index in [0.717, 1.165) is 0 Å². The summed E-state index contributed by atoms with van der Waals surface area (Å²) in [7, 11) is 0. The molecule has 0 radical (unpaired) electrons. The minimum absolute atomic E-state index is 0.127. The molecule has 1 aliphatic rings. The Morgan fingerprint density at radius 1 is 1.47 bits per heavy atom. The Morgan fingerprint density at radius 3 is 2.84 bits per heavy atom. The van der Waals surface area contributed by atoms with Crippen LogP contribution in [0.5, 0.6) is 0 Å². The quantitative estimate of drug-likeness (QED) is 0.881. The van der Waals surface area contributed by atoms with Crippen LogP contribution < -0.4 is 0 Å². The molecule has 2 heterocycles. The van der Waals surface area contributed by atoms with E-state index < -0.39 is 11.4 Å². The molecule has 1 aliphatic heterocycles. The SMILES string of the molecule is Cc1ncccc1C(=O)N1CCCC(C)(C(=O)O)C1. The van der Waals surface area contributed by atoms with E-state index in [0.29, 0.717) is 30.6 Å². The fourth-order valence-corrected chi connectivity index (χ4v) is 2.47. The number of carboxylic acid groups (broad SMARTS) is 1. The number of nitrogens with zero attached hydrogens (tertiary/aromatic N) is 2. The number of carbonyl (C=O) groups is 2. The lowest BCUT2D eigenvalue weighted by Crippen LogP contribution is -2.48. The number of pyridine rings is 1. The smallest absolute Gasteiger partial charge is 0.311 e. The third kappa shape index (κ3) is 2.59. The van der Waals surface area contributed by atoms with Crippen LogP contribution in [0.15, 0.2) is 18.3 Å². The molecule has 2 rings (SSSR count). The Bertz CT molecular complexity index is 515. The number of rotatable bonds is 2. The van der Waals surface area contributed by atoms with E-state index in [2.05, 4.69) is 4.98 Å². The van der Waals surface area contributed by atoms with Crippen LogP contribution in [0.1, 0.15) is 35.8 Å². The normalized spacial score (nSPS) is 23.2. The lowest BCUT2D eigenvalue weighted by atomic mass is 9.82. The maximum absolute atomic E-state index is 12.4. The Kier molecular flexibility index (Phi) is 3.55. The standard InChI is InChI=1S/C14H18N2O3/c1-10-11(5-3-7-15-10)12(17)16-8-4-6-14(2,9-16)13(18)19/h3,5,7H,4,6,8-9H2,1-2H3,(H,18,19). The molecule has 0 bridgehead atoms. The minimum Gasteiger partial charge on any atom is -0.481 e. The van der Waals surface area contributed by atoms with Crippen LogP contribution in [0.4, 0.5) is 0 Å². The van der Waals surface area contributed by atoms with Crippen LogP contribution in [0, 0.1) is 12.3 Å². The van der Waals surface area contributed by atoms with Crippen molar-refractivity contribution in [1.29, 1.82) is 0 Å². The monoisotopic (exact) mass is 262 g/mol. The maximum Gasteiger partial charge on any atom is 0.311 e. The first kappa shape index (κ1) is 13.5. The molecule has 1 amide bonds. The molecule has 0 aromatic carbocycles. The number of amides is 1. The van der Waals surface area contributed by atoms with Crippen molar-refractivity contribution in [3.8, 4) is 0 Å². The predicted octanol–water partition coefficient (Wildman–Crippen LogP) is 1.72. The summed E-state index contributed by atoms with van der Waals surface area (Å²) in [5, 5.41) is 9.27. The Hall–Kier alpha value is -1.91. The van der Waals surface area contributed by atoms with E-state index in [1.165, 1.54) is 0 Å². The number of hydrogen-bond donors (Lipinski definition) is 1. The second-order valence-electron chi connectivity index (χ2n) is 5.33. The van der Waals surface area contributed by atoms with Crippen LogP contribution in [-0.2, 0) is 4.79 Å². The van der Waals surface area contributed by atoms with Crippen molar-refractivity contribution in [2.75, 3.05) is 13.1 Å². The van der Waals surface area contributed by atoms with Gasteiger partial charge in [-0.3, -0.25) is 14.6 Å². The molecule has 5 heteroatoms. The average molecular weight is 262 g/mol. The molecule has 0 saturated carbocycles. The van der Waals surface area contributed by atoms with Crippen molar-refractivity contribution in [3.63, 3.8) is 0 Å². The highest BCUT2D eigenvalue weighted by atomic mass is 16.4. The van der Waals surface area contributed by atoms with Gasteiger partial charge < -0.3 is 10.0 Å². The Morgan fingerprint density at radius 2 is 2.21 bits per heavy atom. The number of aryl methyl sites for hydroxylation is 1. The van der Waals surface area contributed by atoms with E-state index in [1.54, 1.807) is 37.1 Å². The molecular weight excluding hydrogens is 244 g/mol. The third-order valence-corrected chi connectivity index (χ3v) is 3.74. The first-order valence-corrected chi connectivity index (χ1v) is 6.38. The van der Waals surface area contributed by atoms with Gasteiger partial charge in [-0.05, 0) is 38.8 Å². The molecular formula is C14H18N2O3. The summed E-state index contributed by atoms with van der Waals surface area (Å²) >= 11 is 0. The van der Waals surface area contributed by atoms with Gasteiger partial charge in [0, 0.05) is 25.0 Å². The van der Waals surface area contributed by atoms with Crippen molar-refractivity contribution in [2.45, 2.75) is 26.7 Å². The van der Waals surface area contributed by atoms with Crippen molar-refractivity contribution in [3.05, 3.63) is 29.6 Å². The fraction of sp³-hybridized carbons (Fsp3) is 0.500. The van der Waals surface area contributed by atoms with E-state index >= 15 is 0 Å². The molecule has 1 aromatic heterocycles. The van der Waals surface area contributed by atoms with Crippen LogP contribution >= 0.6 is 0 Å². The topological polar surface area (TPSA) is 70.5 Å². The number of carbonyl (C=O) groups excluding carboxylic acids is 1. The van der Waals surface area contributed by atoms with Gasteiger partial charge in [0.15, 0.2) is 0 Å². The molecule has 19 heavy (non-hydrogen) atoms. The van der Waals surface area contributed by atoms with Gasteiger partial charge in [-0.1, -0.05) is 0 Å². The lowest BCUT2D eigenvalue weighted by Gasteiger charge is -2.37. The van der Waals surface area contributed by atoms with Gasteiger partial charge in [0.25, 0.3) is 5.91 Å². The number of carboxylic acids is 1. The Balaban J connectivity index is 2.21. The Labute approximate surface area is 112 Å². The first-order valence-electron chi connectivity index (χ1n) is 6.38. The zero-order valence-corrected chi connectivity index (χ0v) is 11.2. The van der Waals surface area contributed by atoms with Gasteiger partial charge in [-0.15, -0.1) is 0 Å². The fourth-order valence-electron chi connectivity index (χ4n) is 2.47. The predicted molar refractivity (Wildman–Crippen MR) is 69.9 cm³/mol. The van der Waals surface area contributed by atoms with E-state index in [-0.39, 0.29) is 12.5 Å². The minimum atomic E-state index is -0.843. The largest absolute Gasteiger partial charge is 0.481 e. The summed E-state index contributed by atoms with van der Waals surface area (Å²) in [5.41, 5.74) is 0.386. The van der Waals surface area contributed by atoms with Crippen LogP contribution in [0.3, 0.4) is 0 Å². The van der Waals surface area contributed by atoms with Gasteiger partial charge in [0.05, 0.1) is 11.0 Å². The zero-order valence-electron chi connectivity index (χ0n) is 11.2. The molecule has 5 nitrogen and oxygen atoms in total. The number of aromatic nitrogens is 1. The highest BCUT2D eigenvalue weighted by Gasteiger charge is 2.39. The molecule has 1 atom stereocenters. The lowest BCUT2D eigenvalue weighted by molar-refractivity contribution is -0.150. The number of piperidine rings is 1. The zero-order chi connectivity index (χ0) is 14.0. The molecule has 102 valence electrons. The van der Waals surface area contributed by atoms with E-state index in [9.17, 15) is 14.7 Å². The molecule has 1 fully saturated rings. The third-order valence-electron chi connectivity index (χ3n) is 3.74. The molecule has 1 saturated heterocycles. The molecule has 0 aliphatic carbocycles. The van der Waals surface area contributed by atoms with E-state index in [4.69, 9.17) is 0 Å². The second-order valence-corrected chi connectivity index (χ2v) is 5.33. The summed E-state index contributed by atoms with van der Waals surface area (Å²) in [4.78, 5) is 29.5. The number of hydrogen-bond acceptors (Lipinski definition) is 3. The molecule has 1 unspecified atom stereocenters. The van der Waals surface area contributed by atoms with Crippen molar-refractivity contribution >= 4 is 11.9 Å². The molecule has 0 spiro atoms. The van der Waals surface area contributed by atoms with Gasteiger partial charge in [0.1, 0.15) is 0 Å². The summed E-state index contributed by atoms with van der Waals surface area (Å²) in [6, 6.07) is 3.46. The summed E-state index contributed by atoms with van der Waals surface area (Å²) < 4.78 is 0. The van der Waals surface area contributed by atoms with Crippen LogP contribution in [-0.4, -0.2) is 40.0 Å². The maximum atomic E-state index is 12.4. The van der Waals surface area contributed by atoms with Crippen molar-refractivity contribution < 1.29 is 14.7 Å². The highest BCUT2D eigenvalue weighted by Crippen LogP contribution is 2.30. The highest BCUT2D eigenvalue weighted by molar-refractivity contribution is 5.95. The van der Waals surface area contributed by atoms with Gasteiger partial charge in [-0.25, -0.2) is 0 Å². The van der Waals surface area contributed by atoms with Crippen LogP contribution in [0.25, 0.3) is 0 Å². The van der Waals surface area contributed by atoms with Crippen LogP contribution in [0.2, 0.25) is 0 Å². The average Bonchev–Trinajstić information content (AvgIpc) is 2.38. The van der Waals surface area contributed by atoms with Gasteiger partial charge in [-0.2, -0.15) is 0 Å². The number of likely N-dealkylation sites (tertiary alicyclic amines) is 1. The summed E-state index contributed by atoms with van der Waals surface area (Å²) in [6.45, 7) is 4.35. The van der Waals surface area contributed by atoms with Gasteiger partial charge in [0.2, 0.25) is 0 Å². The molecule has 1 aromatic rings. The number of aliphatic carboxylic acids is 1. The molecule has 1 N–H and O–H groups in total. The van der Waals surface area contributed by atoms with E-state index in [1.807, 2.05) is 0 Å². The first-order chi connectivity index (χ1) is 8.94. The van der Waals surface area contributed by atoms with Gasteiger partial charge >= 0.3 is 5.97 Å². The summed E-state index contributed by atoms with van der Waals surface area (Å²) in [6.07, 6.45) is 2.97. The van der Waals surface area contributed by atoms with Crippen molar-refractivity contribution in [1.82, 2.24) is 9.88 Å². The van der Waals surface area contributed by atoms with Crippen molar-refractivity contribution in [2.24, 2.45) is 5.41 Å². The summed E-state index contributed by atoms with van der Waals surface area (Å²) in [5.74, 6) is -0.967.